The van der Waals surface area contributed by atoms with E-state index in [1.54, 1.807) is 0 Å². The number of esters is 1. The maximum Gasteiger partial charge on any atom is 0.311 e. The van der Waals surface area contributed by atoms with Crippen molar-refractivity contribution in [2.75, 3.05) is 6.61 Å². The molecule has 140 valence electrons. The van der Waals surface area contributed by atoms with E-state index in [-0.39, 0.29) is 18.0 Å². The van der Waals surface area contributed by atoms with Crippen LogP contribution in [0.2, 0.25) is 0 Å². The molecule has 0 aliphatic rings. The lowest BCUT2D eigenvalue weighted by Gasteiger charge is -2.27. The Morgan fingerprint density at radius 1 is 1.00 bits per heavy atom. The van der Waals surface area contributed by atoms with Crippen LogP contribution in [0, 0.1) is 18.8 Å². The Morgan fingerprint density at radius 3 is 2.23 bits per heavy atom. The van der Waals surface area contributed by atoms with E-state index in [2.05, 4.69) is 45.0 Å². The van der Waals surface area contributed by atoms with Crippen molar-refractivity contribution in [1.29, 1.82) is 0 Å². The van der Waals surface area contributed by atoms with E-state index in [4.69, 9.17) is 9.47 Å². The second-order valence-corrected chi connectivity index (χ2v) is 7.12. The number of aryl methyl sites for hydroxylation is 1. The molecule has 0 aliphatic carbocycles. The van der Waals surface area contributed by atoms with Gasteiger partial charge in [-0.1, -0.05) is 74.0 Å². The van der Waals surface area contributed by atoms with Gasteiger partial charge in [-0.05, 0) is 37.3 Å². The Hall–Kier alpha value is -2.13. The van der Waals surface area contributed by atoms with Crippen molar-refractivity contribution in [2.45, 2.75) is 46.8 Å². The quantitative estimate of drug-likeness (QED) is 0.560. The topological polar surface area (TPSA) is 35.5 Å². The first-order valence-corrected chi connectivity index (χ1v) is 9.40. The average molecular weight is 354 g/mol. The molecule has 3 heteroatoms. The Morgan fingerprint density at radius 2 is 1.65 bits per heavy atom. The Bertz CT molecular complexity index is 662. The third-order valence-electron chi connectivity index (χ3n) is 4.36. The lowest BCUT2D eigenvalue weighted by molar-refractivity contribution is -0.155. The van der Waals surface area contributed by atoms with Gasteiger partial charge in [-0.25, -0.2) is 0 Å². The van der Waals surface area contributed by atoms with Crippen molar-refractivity contribution in [2.24, 2.45) is 11.8 Å². The minimum absolute atomic E-state index is 0.182. The Balaban J connectivity index is 2.25. The molecule has 2 atom stereocenters. The Kier molecular flexibility index (Phi) is 7.86. The predicted octanol–water partition coefficient (Wildman–Crippen LogP) is 5.48. The summed E-state index contributed by atoms with van der Waals surface area (Å²) in [4.78, 5) is 12.6. The van der Waals surface area contributed by atoms with Gasteiger partial charge in [0.1, 0.15) is 0 Å². The van der Waals surface area contributed by atoms with Crippen molar-refractivity contribution in [3.05, 3.63) is 71.3 Å². The fourth-order valence-corrected chi connectivity index (χ4v) is 3.06. The maximum atomic E-state index is 12.6. The molecule has 0 amide bonds. The van der Waals surface area contributed by atoms with Crippen LogP contribution in [0.4, 0.5) is 0 Å². The summed E-state index contributed by atoms with van der Waals surface area (Å²) in [5.41, 5.74) is 3.33. The van der Waals surface area contributed by atoms with Gasteiger partial charge in [0.25, 0.3) is 0 Å². The van der Waals surface area contributed by atoms with Crippen LogP contribution in [0.25, 0.3) is 0 Å². The van der Waals surface area contributed by atoms with Crippen LogP contribution in [-0.4, -0.2) is 12.6 Å². The van der Waals surface area contributed by atoms with Gasteiger partial charge in [-0.2, -0.15) is 0 Å². The maximum absolute atomic E-state index is 12.6. The summed E-state index contributed by atoms with van der Waals surface area (Å²) in [5, 5.41) is 0. The van der Waals surface area contributed by atoms with Gasteiger partial charge in [0.05, 0.1) is 25.2 Å². The van der Waals surface area contributed by atoms with Crippen LogP contribution < -0.4 is 0 Å². The molecule has 0 aromatic heterocycles. The van der Waals surface area contributed by atoms with Crippen LogP contribution in [0.5, 0.6) is 0 Å². The molecular weight excluding hydrogens is 324 g/mol. The number of benzene rings is 2. The highest BCUT2D eigenvalue weighted by molar-refractivity contribution is 5.73. The third-order valence-corrected chi connectivity index (χ3v) is 4.36. The number of hydrogen-bond donors (Lipinski definition) is 0. The van der Waals surface area contributed by atoms with Gasteiger partial charge in [0.15, 0.2) is 0 Å². The van der Waals surface area contributed by atoms with Crippen molar-refractivity contribution in [3.63, 3.8) is 0 Å². The smallest absolute Gasteiger partial charge is 0.311 e. The van der Waals surface area contributed by atoms with Gasteiger partial charge in [-0.15, -0.1) is 0 Å². The van der Waals surface area contributed by atoms with Crippen molar-refractivity contribution < 1.29 is 14.3 Å². The molecule has 0 saturated heterocycles. The van der Waals surface area contributed by atoms with Crippen molar-refractivity contribution >= 4 is 5.97 Å². The zero-order valence-electron chi connectivity index (χ0n) is 16.3. The summed E-state index contributed by atoms with van der Waals surface area (Å²) >= 11 is 0. The molecular formula is C23H30O3. The molecule has 0 bridgehead atoms. The molecule has 0 saturated carbocycles. The second-order valence-electron chi connectivity index (χ2n) is 7.12. The van der Waals surface area contributed by atoms with Crippen LogP contribution in [0.3, 0.4) is 0 Å². The Labute approximate surface area is 157 Å². The van der Waals surface area contributed by atoms with Gasteiger partial charge in [0.2, 0.25) is 0 Å². The number of rotatable bonds is 9. The highest BCUT2D eigenvalue weighted by Crippen LogP contribution is 2.33. The average Bonchev–Trinajstić information content (AvgIpc) is 2.63. The van der Waals surface area contributed by atoms with E-state index < -0.39 is 0 Å². The van der Waals surface area contributed by atoms with Crippen molar-refractivity contribution in [1.82, 2.24) is 0 Å². The highest BCUT2D eigenvalue weighted by Gasteiger charge is 2.32. The zero-order chi connectivity index (χ0) is 18.9. The molecule has 0 aliphatic heterocycles. The van der Waals surface area contributed by atoms with Crippen LogP contribution in [-0.2, 0) is 20.9 Å². The van der Waals surface area contributed by atoms with Crippen molar-refractivity contribution in [3.8, 4) is 0 Å². The minimum atomic E-state index is -0.320. The highest BCUT2D eigenvalue weighted by atomic mass is 16.5. The van der Waals surface area contributed by atoms with E-state index in [1.165, 1.54) is 5.56 Å². The van der Waals surface area contributed by atoms with Crippen LogP contribution in [0.15, 0.2) is 54.6 Å². The molecule has 0 unspecified atom stereocenters. The summed E-state index contributed by atoms with van der Waals surface area (Å²) in [6.07, 6.45) is 0.408. The first-order chi connectivity index (χ1) is 12.5. The number of ether oxygens (including phenoxy) is 2. The van der Waals surface area contributed by atoms with Gasteiger partial charge in [-0.3, -0.25) is 4.79 Å². The lowest BCUT2D eigenvalue weighted by Crippen LogP contribution is -2.28. The summed E-state index contributed by atoms with van der Waals surface area (Å²) in [6, 6.07) is 18.3. The standard InChI is InChI=1S/C23H30O3/c1-5-25-23(24)21(15-17(2)3)22(20-9-7-6-8-10-20)26-16-19-13-11-18(4)12-14-19/h6-14,17,21-22H,5,15-16H2,1-4H3/t21-,22+/m0/s1. The number of carbonyl (C=O) groups is 1. The SMILES string of the molecule is CCOC(=O)[C@@H](CC(C)C)[C@H](OCc1ccc(C)cc1)c1ccccc1. The van der Waals surface area contributed by atoms with E-state index in [9.17, 15) is 4.79 Å². The molecule has 2 aromatic rings. The normalized spacial score (nSPS) is 13.4. The first kappa shape index (κ1) is 20.2. The third kappa shape index (κ3) is 5.99. The summed E-state index contributed by atoms with van der Waals surface area (Å²) in [5.74, 6) is -0.125. The minimum Gasteiger partial charge on any atom is -0.466 e. The van der Waals surface area contributed by atoms with Crippen LogP contribution >= 0.6 is 0 Å². The molecule has 0 N–H and O–H groups in total. The summed E-state index contributed by atoms with van der Waals surface area (Å²) in [7, 11) is 0. The lowest BCUT2D eigenvalue weighted by atomic mass is 9.88. The van der Waals surface area contributed by atoms with Gasteiger partial charge >= 0.3 is 5.97 Å². The van der Waals surface area contributed by atoms with E-state index in [0.717, 1.165) is 17.5 Å². The molecule has 2 rings (SSSR count). The van der Waals surface area contributed by atoms with Gasteiger partial charge < -0.3 is 9.47 Å². The van der Waals surface area contributed by atoms with E-state index in [1.807, 2.05) is 37.3 Å². The first-order valence-electron chi connectivity index (χ1n) is 9.40. The number of carbonyl (C=O) groups excluding carboxylic acids is 1. The summed E-state index contributed by atoms with van der Waals surface area (Å²) < 4.78 is 11.6. The van der Waals surface area contributed by atoms with Crippen LogP contribution in [0.1, 0.15) is 50.0 Å². The molecule has 0 spiro atoms. The molecule has 3 nitrogen and oxygen atoms in total. The molecule has 0 radical (unpaired) electrons. The largest absolute Gasteiger partial charge is 0.466 e. The fourth-order valence-electron chi connectivity index (χ4n) is 3.06. The zero-order valence-corrected chi connectivity index (χ0v) is 16.3. The molecule has 26 heavy (non-hydrogen) atoms. The molecule has 0 heterocycles. The molecule has 2 aromatic carbocycles. The fraction of sp³-hybridized carbons (Fsp3) is 0.435. The predicted molar refractivity (Wildman–Crippen MR) is 105 cm³/mol. The van der Waals surface area contributed by atoms with E-state index >= 15 is 0 Å². The second kappa shape index (κ2) is 10.1. The van der Waals surface area contributed by atoms with E-state index in [0.29, 0.717) is 19.1 Å². The summed E-state index contributed by atoms with van der Waals surface area (Å²) in [6.45, 7) is 9.00. The molecule has 0 fully saturated rings. The van der Waals surface area contributed by atoms with Gasteiger partial charge in [0, 0.05) is 0 Å². The number of hydrogen-bond acceptors (Lipinski definition) is 3. The monoisotopic (exact) mass is 354 g/mol.